The van der Waals surface area contributed by atoms with Crippen molar-refractivity contribution in [3.63, 3.8) is 0 Å². The van der Waals surface area contributed by atoms with Crippen LogP contribution in [0.4, 0.5) is 0 Å². The summed E-state index contributed by atoms with van der Waals surface area (Å²) in [5.41, 5.74) is -0.667. The van der Waals surface area contributed by atoms with Gasteiger partial charge in [-0.25, -0.2) is 0 Å². The Morgan fingerprint density at radius 3 is 1.50 bits per heavy atom. The maximum Gasteiger partial charge on any atom is 0.0531 e. The van der Waals surface area contributed by atoms with E-state index in [0.29, 0.717) is 6.42 Å². The first kappa shape index (κ1) is 13.8. The van der Waals surface area contributed by atoms with E-state index >= 15 is 0 Å². The first-order valence-electron chi connectivity index (χ1n) is 5.15. The van der Waals surface area contributed by atoms with Crippen LogP contribution in [0.2, 0.25) is 0 Å². The molecule has 1 aliphatic rings. The average molecular weight is 206 g/mol. The Labute approximate surface area is 85.5 Å². The predicted molar refractivity (Wildman–Crippen MR) is 54.0 cm³/mol. The summed E-state index contributed by atoms with van der Waals surface area (Å²) < 4.78 is 4.94. The first-order chi connectivity index (χ1) is 6.74. The maximum atomic E-state index is 8.66. The monoisotopic (exact) mass is 206 g/mol. The molecular formula is C10H22O4. The third-order valence-corrected chi connectivity index (χ3v) is 2.58. The van der Waals surface area contributed by atoms with E-state index in [2.05, 4.69) is 0 Å². The van der Waals surface area contributed by atoms with Crippen LogP contribution in [0.15, 0.2) is 0 Å². The molecule has 1 heterocycles. The molecule has 4 nitrogen and oxygen atoms in total. The van der Waals surface area contributed by atoms with Crippen molar-refractivity contribution in [3.05, 3.63) is 0 Å². The van der Waals surface area contributed by atoms with Crippen LogP contribution in [0.3, 0.4) is 0 Å². The molecule has 0 spiro atoms. The summed E-state index contributed by atoms with van der Waals surface area (Å²) in [5, 5.41) is 26.0. The van der Waals surface area contributed by atoms with E-state index in [-0.39, 0.29) is 19.8 Å². The molecule has 0 aromatic heterocycles. The standard InChI is InChI=1S/C6H14O3.C4H8O/c1-2-6(3-7,4-8)5-9;1-2-4-5-3-1/h7-9H,2-5H2,1H3;1-4H2. The molecule has 0 aromatic rings. The number of ether oxygens (including phenoxy) is 1. The van der Waals surface area contributed by atoms with Gasteiger partial charge in [0.2, 0.25) is 0 Å². The third kappa shape index (κ3) is 4.91. The lowest BCUT2D eigenvalue weighted by Crippen LogP contribution is -2.32. The molecule has 0 aromatic carbocycles. The van der Waals surface area contributed by atoms with Crippen LogP contribution in [0.5, 0.6) is 0 Å². The van der Waals surface area contributed by atoms with E-state index in [0.717, 1.165) is 13.2 Å². The molecule has 86 valence electrons. The summed E-state index contributed by atoms with van der Waals surface area (Å²) in [5.74, 6) is 0. The third-order valence-electron chi connectivity index (χ3n) is 2.58. The van der Waals surface area contributed by atoms with E-state index in [4.69, 9.17) is 20.1 Å². The van der Waals surface area contributed by atoms with E-state index in [1.54, 1.807) is 0 Å². The number of aliphatic hydroxyl groups excluding tert-OH is 3. The summed E-state index contributed by atoms with van der Waals surface area (Å²) in [6, 6.07) is 0. The lowest BCUT2D eigenvalue weighted by atomic mass is 9.88. The van der Waals surface area contributed by atoms with Crippen LogP contribution in [0.1, 0.15) is 26.2 Å². The Balaban J connectivity index is 0.000000280. The van der Waals surface area contributed by atoms with Gasteiger partial charge in [0.15, 0.2) is 0 Å². The van der Waals surface area contributed by atoms with Crippen molar-refractivity contribution in [2.45, 2.75) is 26.2 Å². The molecule has 4 heteroatoms. The highest BCUT2D eigenvalue weighted by molar-refractivity contribution is 4.74. The zero-order valence-electron chi connectivity index (χ0n) is 8.91. The van der Waals surface area contributed by atoms with Crippen LogP contribution in [0.25, 0.3) is 0 Å². The molecule has 0 saturated carbocycles. The average Bonchev–Trinajstić information content (AvgIpc) is 2.80. The van der Waals surface area contributed by atoms with Crippen LogP contribution < -0.4 is 0 Å². The number of rotatable bonds is 4. The second-order valence-electron chi connectivity index (χ2n) is 3.65. The van der Waals surface area contributed by atoms with Crippen molar-refractivity contribution in [2.24, 2.45) is 5.41 Å². The van der Waals surface area contributed by atoms with Gasteiger partial charge in [-0.05, 0) is 19.3 Å². The zero-order valence-corrected chi connectivity index (χ0v) is 8.91. The number of hydrogen-bond acceptors (Lipinski definition) is 4. The van der Waals surface area contributed by atoms with Gasteiger partial charge in [-0.2, -0.15) is 0 Å². The second-order valence-corrected chi connectivity index (χ2v) is 3.65. The molecular weight excluding hydrogens is 184 g/mol. The maximum absolute atomic E-state index is 8.66. The molecule has 1 rings (SSSR count). The van der Waals surface area contributed by atoms with Crippen molar-refractivity contribution in [3.8, 4) is 0 Å². The van der Waals surface area contributed by atoms with Crippen molar-refractivity contribution in [1.82, 2.24) is 0 Å². The highest BCUT2D eigenvalue weighted by Gasteiger charge is 2.24. The fourth-order valence-corrected chi connectivity index (χ4v) is 0.996. The number of hydrogen-bond donors (Lipinski definition) is 3. The van der Waals surface area contributed by atoms with Gasteiger partial charge in [-0.15, -0.1) is 0 Å². The molecule has 0 atom stereocenters. The highest BCUT2D eigenvalue weighted by atomic mass is 16.5. The lowest BCUT2D eigenvalue weighted by Gasteiger charge is -2.24. The summed E-state index contributed by atoms with van der Waals surface area (Å²) in [6.07, 6.45) is 3.15. The van der Waals surface area contributed by atoms with Gasteiger partial charge < -0.3 is 20.1 Å². The summed E-state index contributed by atoms with van der Waals surface area (Å²) >= 11 is 0. The Morgan fingerprint density at radius 2 is 1.43 bits per heavy atom. The molecule has 0 aliphatic carbocycles. The predicted octanol–water partition coefficient (Wildman–Crippen LogP) is 0.157. The fourth-order valence-electron chi connectivity index (χ4n) is 0.996. The minimum atomic E-state index is -0.667. The van der Waals surface area contributed by atoms with Gasteiger partial charge in [0.1, 0.15) is 0 Å². The van der Waals surface area contributed by atoms with Crippen LogP contribution in [-0.4, -0.2) is 48.4 Å². The van der Waals surface area contributed by atoms with E-state index < -0.39 is 5.41 Å². The Kier molecular flexibility index (Phi) is 8.08. The van der Waals surface area contributed by atoms with E-state index in [1.807, 2.05) is 6.92 Å². The van der Waals surface area contributed by atoms with Crippen molar-refractivity contribution in [1.29, 1.82) is 0 Å². The minimum Gasteiger partial charge on any atom is -0.396 e. The van der Waals surface area contributed by atoms with Gasteiger partial charge in [0.25, 0.3) is 0 Å². The topological polar surface area (TPSA) is 69.9 Å². The Morgan fingerprint density at radius 1 is 1.00 bits per heavy atom. The van der Waals surface area contributed by atoms with Crippen molar-refractivity contribution >= 4 is 0 Å². The summed E-state index contributed by atoms with van der Waals surface area (Å²) in [4.78, 5) is 0. The van der Waals surface area contributed by atoms with E-state index in [9.17, 15) is 0 Å². The molecule has 1 fully saturated rings. The molecule has 3 N–H and O–H groups in total. The van der Waals surface area contributed by atoms with Crippen molar-refractivity contribution in [2.75, 3.05) is 33.0 Å². The molecule has 0 radical (unpaired) electrons. The van der Waals surface area contributed by atoms with Crippen LogP contribution in [0, 0.1) is 5.41 Å². The van der Waals surface area contributed by atoms with Gasteiger partial charge in [0.05, 0.1) is 19.8 Å². The van der Waals surface area contributed by atoms with Crippen LogP contribution in [-0.2, 0) is 4.74 Å². The molecule has 0 unspecified atom stereocenters. The summed E-state index contributed by atoms with van der Waals surface area (Å²) in [6.45, 7) is 3.35. The lowest BCUT2D eigenvalue weighted by molar-refractivity contribution is 0.00304. The fraction of sp³-hybridized carbons (Fsp3) is 1.00. The van der Waals surface area contributed by atoms with Gasteiger partial charge in [-0.1, -0.05) is 6.92 Å². The van der Waals surface area contributed by atoms with Crippen LogP contribution >= 0.6 is 0 Å². The smallest absolute Gasteiger partial charge is 0.0531 e. The minimum absolute atomic E-state index is 0.156. The molecule has 1 saturated heterocycles. The van der Waals surface area contributed by atoms with E-state index in [1.165, 1.54) is 12.8 Å². The zero-order chi connectivity index (χ0) is 10.9. The van der Waals surface area contributed by atoms with Gasteiger partial charge in [0, 0.05) is 18.6 Å². The molecule has 14 heavy (non-hydrogen) atoms. The second kappa shape index (κ2) is 8.17. The Hall–Kier alpha value is -0.160. The molecule has 0 amide bonds. The highest BCUT2D eigenvalue weighted by Crippen LogP contribution is 2.18. The summed E-state index contributed by atoms with van der Waals surface area (Å²) in [7, 11) is 0. The normalized spacial score (nSPS) is 16.3. The molecule has 1 aliphatic heterocycles. The quantitative estimate of drug-likeness (QED) is 0.612. The first-order valence-corrected chi connectivity index (χ1v) is 5.15. The van der Waals surface area contributed by atoms with Gasteiger partial charge >= 0.3 is 0 Å². The SMILES string of the molecule is C1CCOC1.CCC(CO)(CO)CO. The van der Waals surface area contributed by atoms with Gasteiger partial charge in [-0.3, -0.25) is 0 Å². The number of aliphatic hydroxyl groups is 3. The Bertz CT molecular complexity index is 94.2. The molecule has 0 bridgehead atoms. The van der Waals surface area contributed by atoms with Crippen molar-refractivity contribution < 1.29 is 20.1 Å². The largest absolute Gasteiger partial charge is 0.396 e.